The van der Waals surface area contributed by atoms with Gasteiger partial charge in [-0.2, -0.15) is 8.78 Å². The van der Waals surface area contributed by atoms with Crippen LogP contribution in [0.15, 0.2) is 23.3 Å². The first kappa shape index (κ1) is 23.3. The Morgan fingerprint density at radius 2 is 1.87 bits per heavy atom. The number of fused-ring (bicyclic) bond motifs is 1. The van der Waals surface area contributed by atoms with Gasteiger partial charge in [0.15, 0.2) is 0 Å². The third-order valence-electron chi connectivity index (χ3n) is 8.56. The zero-order chi connectivity index (χ0) is 22.2. The predicted molar refractivity (Wildman–Crippen MR) is 117 cm³/mol. The summed E-state index contributed by atoms with van der Waals surface area (Å²) in [5.41, 5.74) is 3.00. The molecule has 0 spiro atoms. The lowest BCUT2D eigenvalue weighted by Gasteiger charge is -2.46. The Hall–Kier alpha value is -0.820. The van der Waals surface area contributed by atoms with Crippen molar-refractivity contribution in [2.24, 2.45) is 23.2 Å². The molecule has 4 aliphatic rings. The standard InChI is InChI=1S/C25H39F2NO3/c1-16(13-28-14-21(15-28)31-24(26)27)22-7-8-23-18(4-3-9-25(22,23)2)6-5-17-10-19(29)12-20(30)11-17/h5-6,16,19-24,29-30H,3-4,7-15H2,1-2H3/b18-6+/t16-,19-,20-,22-,23+,25-/m1/s1. The van der Waals surface area contributed by atoms with Gasteiger partial charge in [-0.25, -0.2) is 0 Å². The molecule has 2 N–H and O–H groups in total. The largest absolute Gasteiger partial charge is 0.393 e. The van der Waals surface area contributed by atoms with Crippen molar-refractivity contribution in [1.29, 1.82) is 0 Å². The minimum Gasteiger partial charge on any atom is -0.393 e. The highest BCUT2D eigenvalue weighted by atomic mass is 19.3. The lowest BCUT2D eigenvalue weighted by Crippen LogP contribution is -2.54. The quantitative estimate of drug-likeness (QED) is 0.639. The van der Waals surface area contributed by atoms with Gasteiger partial charge in [-0.05, 0) is 74.5 Å². The summed E-state index contributed by atoms with van der Waals surface area (Å²) in [6.07, 6.45) is 11.2. The zero-order valence-corrected chi connectivity index (χ0v) is 19.0. The summed E-state index contributed by atoms with van der Waals surface area (Å²) in [7, 11) is 0. The predicted octanol–water partition coefficient (Wildman–Crippen LogP) is 4.52. The van der Waals surface area contributed by atoms with E-state index in [4.69, 9.17) is 0 Å². The van der Waals surface area contributed by atoms with E-state index in [0.717, 1.165) is 18.5 Å². The second-order valence-electron chi connectivity index (χ2n) is 10.8. The summed E-state index contributed by atoms with van der Waals surface area (Å²) in [4.78, 5) is 2.26. The minimum atomic E-state index is -2.67. The lowest BCUT2D eigenvalue weighted by atomic mass is 9.61. The Balaban J connectivity index is 1.37. The first-order valence-electron chi connectivity index (χ1n) is 12.1. The number of aliphatic hydroxyl groups excluding tert-OH is 2. The summed E-state index contributed by atoms with van der Waals surface area (Å²) in [6.45, 7) is 4.36. The molecule has 31 heavy (non-hydrogen) atoms. The van der Waals surface area contributed by atoms with Crippen molar-refractivity contribution >= 4 is 0 Å². The van der Waals surface area contributed by atoms with Crippen LogP contribution >= 0.6 is 0 Å². The molecule has 4 rings (SSSR count). The van der Waals surface area contributed by atoms with Gasteiger partial charge < -0.3 is 14.9 Å². The summed E-state index contributed by atoms with van der Waals surface area (Å²) in [5, 5.41) is 19.9. The van der Waals surface area contributed by atoms with Crippen molar-refractivity contribution in [1.82, 2.24) is 4.90 Å². The van der Waals surface area contributed by atoms with Gasteiger partial charge in [0.2, 0.25) is 0 Å². The molecule has 0 radical (unpaired) electrons. The van der Waals surface area contributed by atoms with Gasteiger partial charge >= 0.3 is 6.61 Å². The highest BCUT2D eigenvalue weighted by Crippen LogP contribution is 2.59. The molecule has 1 aliphatic heterocycles. The molecule has 0 unspecified atom stereocenters. The molecular weight excluding hydrogens is 400 g/mol. The summed E-state index contributed by atoms with van der Waals surface area (Å²) < 4.78 is 29.3. The lowest BCUT2D eigenvalue weighted by molar-refractivity contribution is -0.197. The van der Waals surface area contributed by atoms with E-state index in [1.54, 1.807) is 5.57 Å². The average Bonchev–Trinajstić information content (AvgIpc) is 3.01. The van der Waals surface area contributed by atoms with E-state index < -0.39 is 18.8 Å². The number of ether oxygens (including phenoxy) is 1. The molecule has 4 nitrogen and oxygen atoms in total. The fourth-order valence-corrected chi connectivity index (χ4v) is 7.18. The van der Waals surface area contributed by atoms with Crippen molar-refractivity contribution < 1.29 is 23.7 Å². The number of hydrogen-bond acceptors (Lipinski definition) is 4. The number of alkyl halides is 2. The van der Waals surface area contributed by atoms with Crippen molar-refractivity contribution in [2.75, 3.05) is 19.6 Å². The number of nitrogens with zero attached hydrogens (tertiary/aromatic N) is 1. The fourth-order valence-electron chi connectivity index (χ4n) is 7.18. The van der Waals surface area contributed by atoms with Crippen LogP contribution < -0.4 is 0 Å². The molecule has 0 aromatic carbocycles. The van der Waals surface area contributed by atoms with Crippen LogP contribution in [0, 0.1) is 23.2 Å². The number of allylic oxidation sites excluding steroid dienone is 3. The molecule has 3 aliphatic carbocycles. The molecule has 3 saturated carbocycles. The smallest absolute Gasteiger partial charge is 0.345 e. The number of likely N-dealkylation sites (tertiary alicyclic amines) is 1. The second-order valence-corrected chi connectivity index (χ2v) is 10.8. The van der Waals surface area contributed by atoms with E-state index >= 15 is 0 Å². The van der Waals surface area contributed by atoms with Crippen LogP contribution in [-0.4, -0.2) is 59.7 Å². The topological polar surface area (TPSA) is 52.9 Å². The van der Waals surface area contributed by atoms with Gasteiger partial charge in [0, 0.05) is 19.6 Å². The van der Waals surface area contributed by atoms with Gasteiger partial charge in [-0.1, -0.05) is 37.1 Å². The molecule has 1 heterocycles. The second kappa shape index (κ2) is 9.58. The molecule has 176 valence electrons. The number of hydrogen-bond donors (Lipinski definition) is 2. The van der Waals surface area contributed by atoms with Gasteiger partial charge in [-0.15, -0.1) is 0 Å². The van der Waals surface area contributed by atoms with E-state index in [1.807, 2.05) is 0 Å². The number of rotatable bonds is 6. The Bertz CT molecular complexity index is 678. The average molecular weight is 440 g/mol. The van der Waals surface area contributed by atoms with Gasteiger partial charge in [-0.3, -0.25) is 4.90 Å². The van der Waals surface area contributed by atoms with E-state index in [1.165, 1.54) is 25.7 Å². The third kappa shape index (κ3) is 5.23. The molecule has 6 atom stereocenters. The van der Waals surface area contributed by atoms with Crippen molar-refractivity contribution in [2.45, 2.75) is 90.1 Å². The maximum Gasteiger partial charge on any atom is 0.345 e. The van der Waals surface area contributed by atoms with E-state index in [0.29, 0.717) is 55.5 Å². The van der Waals surface area contributed by atoms with Crippen LogP contribution in [0.3, 0.4) is 0 Å². The molecule has 0 bridgehead atoms. The van der Waals surface area contributed by atoms with Gasteiger partial charge in [0.25, 0.3) is 0 Å². The van der Waals surface area contributed by atoms with Crippen LogP contribution in [0.4, 0.5) is 8.78 Å². The summed E-state index contributed by atoms with van der Waals surface area (Å²) >= 11 is 0. The number of aliphatic hydroxyl groups is 2. The summed E-state index contributed by atoms with van der Waals surface area (Å²) in [6, 6.07) is 0. The molecular formula is C25H39F2NO3. The van der Waals surface area contributed by atoms with Crippen LogP contribution in [0.1, 0.15) is 65.2 Å². The van der Waals surface area contributed by atoms with Crippen LogP contribution in [0.5, 0.6) is 0 Å². The Morgan fingerprint density at radius 3 is 2.55 bits per heavy atom. The maximum absolute atomic E-state index is 12.4. The molecule has 6 heteroatoms. The SMILES string of the molecule is C[C@H](CN1CC(OC(F)F)C1)[C@H]1CC[C@H]2/C(=C/C=C3C[C@@H](O)C[C@H](O)C3)CCC[C@]12C. The minimum absolute atomic E-state index is 0.303. The third-order valence-corrected chi connectivity index (χ3v) is 8.56. The molecule has 0 amide bonds. The van der Waals surface area contributed by atoms with Crippen molar-refractivity contribution in [3.05, 3.63) is 23.3 Å². The molecule has 0 aromatic heterocycles. The van der Waals surface area contributed by atoms with Crippen molar-refractivity contribution in [3.8, 4) is 0 Å². The summed E-state index contributed by atoms with van der Waals surface area (Å²) in [5.74, 6) is 1.81. The number of halogens is 2. The van der Waals surface area contributed by atoms with E-state index in [9.17, 15) is 19.0 Å². The fraction of sp³-hybridized carbons (Fsp3) is 0.840. The Labute approximate surface area is 185 Å². The Morgan fingerprint density at radius 1 is 1.16 bits per heavy atom. The van der Waals surface area contributed by atoms with Crippen molar-refractivity contribution in [3.63, 3.8) is 0 Å². The highest BCUT2D eigenvalue weighted by molar-refractivity contribution is 5.26. The van der Waals surface area contributed by atoms with Gasteiger partial charge in [0.05, 0.1) is 18.3 Å². The molecule has 0 aromatic rings. The van der Waals surface area contributed by atoms with E-state index in [2.05, 4.69) is 35.6 Å². The Kier molecular flexibility index (Phi) is 7.21. The monoisotopic (exact) mass is 439 g/mol. The van der Waals surface area contributed by atoms with Crippen LogP contribution in [0.2, 0.25) is 0 Å². The molecule has 4 fully saturated rings. The van der Waals surface area contributed by atoms with Gasteiger partial charge in [0.1, 0.15) is 0 Å². The van der Waals surface area contributed by atoms with Crippen LogP contribution in [-0.2, 0) is 4.74 Å². The normalized spacial score (nSPS) is 39.6. The zero-order valence-electron chi connectivity index (χ0n) is 19.0. The van der Waals surface area contributed by atoms with E-state index in [-0.39, 0.29) is 6.10 Å². The van der Waals surface area contributed by atoms with Crippen LogP contribution in [0.25, 0.3) is 0 Å². The molecule has 1 saturated heterocycles. The maximum atomic E-state index is 12.4. The highest BCUT2D eigenvalue weighted by Gasteiger charge is 2.51. The first-order valence-corrected chi connectivity index (χ1v) is 12.1. The first-order chi connectivity index (χ1) is 14.7.